The molecule has 0 bridgehead atoms. The van der Waals surface area contributed by atoms with Crippen LogP contribution < -0.4 is 10.6 Å². The maximum absolute atomic E-state index is 12.3. The number of aromatic nitrogens is 1. The molecule has 0 saturated heterocycles. The van der Waals surface area contributed by atoms with Crippen LogP contribution in [0, 0.1) is 12.8 Å². The Hall–Kier alpha value is -2.36. The number of hydrogen-bond acceptors (Lipinski definition) is 3. The number of rotatable bonds is 7. The highest BCUT2D eigenvalue weighted by molar-refractivity contribution is 5.94. The zero-order chi connectivity index (χ0) is 16.7. The molecule has 4 heteroatoms. The maximum Gasteiger partial charge on any atom is 0.253 e. The molecule has 2 aromatic rings. The third-order valence-electron chi connectivity index (χ3n) is 3.59. The normalized spacial score (nSPS) is 10.6. The van der Waals surface area contributed by atoms with Gasteiger partial charge >= 0.3 is 0 Å². The minimum atomic E-state index is -0.105. The van der Waals surface area contributed by atoms with Gasteiger partial charge in [-0.2, -0.15) is 0 Å². The van der Waals surface area contributed by atoms with Gasteiger partial charge in [-0.25, -0.2) is 0 Å². The fourth-order valence-electron chi connectivity index (χ4n) is 2.27. The van der Waals surface area contributed by atoms with E-state index in [4.69, 9.17) is 0 Å². The fraction of sp³-hybridized carbons (Fsp3) is 0.368. The molecular weight excluding hydrogens is 286 g/mol. The van der Waals surface area contributed by atoms with Gasteiger partial charge in [-0.05, 0) is 30.9 Å². The van der Waals surface area contributed by atoms with E-state index in [-0.39, 0.29) is 5.91 Å². The van der Waals surface area contributed by atoms with Crippen LogP contribution in [0.5, 0.6) is 0 Å². The monoisotopic (exact) mass is 311 g/mol. The molecule has 2 N–H and O–H groups in total. The van der Waals surface area contributed by atoms with Crippen LogP contribution in [0.2, 0.25) is 0 Å². The van der Waals surface area contributed by atoms with Crippen molar-refractivity contribution in [2.24, 2.45) is 5.92 Å². The van der Waals surface area contributed by atoms with E-state index in [1.165, 1.54) is 5.56 Å². The van der Waals surface area contributed by atoms with Crippen molar-refractivity contribution in [1.82, 2.24) is 10.3 Å². The lowest BCUT2D eigenvalue weighted by molar-refractivity contribution is 0.0950. The van der Waals surface area contributed by atoms with E-state index in [2.05, 4.69) is 35.5 Å². The topological polar surface area (TPSA) is 54.0 Å². The maximum atomic E-state index is 12.3. The van der Waals surface area contributed by atoms with E-state index in [1.54, 1.807) is 12.4 Å². The number of carbonyl (C=O) groups excluding carboxylic acids is 1. The number of nitrogens with zero attached hydrogens (tertiary/aromatic N) is 1. The minimum Gasteiger partial charge on any atom is -0.384 e. The number of pyridine rings is 1. The van der Waals surface area contributed by atoms with Crippen LogP contribution in [-0.4, -0.2) is 17.4 Å². The second-order valence-corrected chi connectivity index (χ2v) is 6.24. The largest absolute Gasteiger partial charge is 0.384 e. The summed E-state index contributed by atoms with van der Waals surface area (Å²) in [7, 11) is 0. The lowest BCUT2D eigenvalue weighted by atomic mass is 10.1. The molecule has 0 aliphatic heterocycles. The van der Waals surface area contributed by atoms with Crippen molar-refractivity contribution in [3.8, 4) is 0 Å². The molecule has 23 heavy (non-hydrogen) atoms. The average molecular weight is 311 g/mol. The predicted molar refractivity (Wildman–Crippen MR) is 94.5 cm³/mol. The Morgan fingerprint density at radius 2 is 2.04 bits per heavy atom. The Kier molecular flexibility index (Phi) is 6.15. The lowest BCUT2D eigenvalue weighted by Crippen LogP contribution is -2.23. The first-order valence-electron chi connectivity index (χ1n) is 8.07. The molecule has 1 amide bonds. The van der Waals surface area contributed by atoms with Gasteiger partial charge in [0.05, 0.1) is 11.3 Å². The predicted octanol–water partition coefficient (Wildman–Crippen LogP) is 3.78. The number of carbonyl (C=O) groups is 1. The number of hydrogen-bond donors (Lipinski definition) is 2. The summed E-state index contributed by atoms with van der Waals surface area (Å²) in [5.41, 5.74) is 3.74. The van der Waals surface area contributed by atoms with E-state index in [0.717, 1.165) is 24.2 Å². The molecule has 0 aliphatic carbocycles. The molecule has 0 saturated carbocycles. The van der Waals surface area contributed by atoms with Crippen LogP contribution in [0.15, 0.2) is 42.7 Å². The van der Waals surface area contributed by atoms with Gasteiger partial charge in [0.1, 0.15) is 0 Å². The number of nitrogens with one attached hydrogen (secondary N) is 2. The van der Waals surface area contributed by atoms with Crippen molar-refractivity contribution in [1.29, 1.82) is 0 Å². The van der Waals surface area contributed by atoms with Crippen LogP contribution in [0.1, 0.15) is 41.8 Å². The number of benzene rings is 1. The number of anilines is 1. The Morgan fingerprint density at radius 1 is 1.22 bits per heavy atom. The fourth-order valence-corrected chi connectivity index (χ4v) is 2.27. The Balaban J connectivity index is 1.91. The SMILES string of the molecule is Cc1cccc(CNC(=O)c2cncc(NCCC(C)C)c2)c1. The summed E-state index contributed by atoms with van der Waals surface area (Å²) < 4.78 is 0. The van der Waals surface area contributed by atoms with E-state index < -0.39 is 0 Å². The molecule has 4 nitrogen and oxygen atoms in total. The van der Waals surface area contributed by atoms with Crippen molar-refractivity contribution in [3.05, 3.63) is 59.4 Å². The van der Waals surface area contributed by atoms with Gasteiger partial charge < -0.3 is 10.6 Å². The van der Waals surface area contributed by atoms with Gasteiger partial charge in [0.25, 0.3) is 5.91 Å². The van der Waals surface area contributed by atoms with Crippen LogP contribution in [-0.2, 0) is 6.54 Å². The van der Waals surface area contributed by atoms with Crippen molar-refractivity contribution < 1.29 is 4.79 Å². The van der Waals surface area contributed by atoms with Crippen molar-refractivity contribution in [2.75, 3.05) is 11.9 Å². The Bertz CT molecular complexity index is 653. The first-order valence-corrected chi connectivity index (χ1v) is 8.07. The summed E-state index contributed by atoms with van der Waals surface area (Å²) in [5, 5.41) is 6.25. The van der Waals surface area contributed by atoms with Gasteiger partial charge in [-0.3, -0.25) is 9.78 Å². The summed E-state index contributed by atoms with van der Waals surface area (Å²) in [6.07, 6.45) is 4.43. The number of amides is 1. The smallest absolute Gasteiger partial charge is 0.253 e. The van der Waals surface area contributed by atoms with E-state index >= 15 is 0 Å². The van der Waals surface area contributed by atoms with Crippen molar-refractivity contribution >= 4 is 11.6 Å². The van der Waals surface area contributed by atoms with Crippen LogP contribution >= 0.6 is 0 Å². The van der Waals surface area contributed by atoms with Crippen molar-refractivity contribution in [3.63, 3.8) is 0 Å². The minimum absolute atomic E-state index is 0.105. The molecule has 122 valence electrons. The Labute approximate surface area is 138 Å². The van der Waals surface area contributed by atoms with Crippen molar-refractivity contribution in [2.45, 2.75) is 33.7 Å². The molecular formula is C19H25N3O. The average Bonchev–Trinajstić information content (AvgIpc) is 2.52. The zero-order valence-electron chi connectivity index (χ0n) is 14.1. The molecule has 1 aromatic carbocycles. The summed E-state index contributed by atoms with van der Waals surface area (Å²) in [5.74, 6) is 0.544. The highest BCUT2D eigenvalue weighted by atomic mass is 16.1. The highest BCUT2D eigenvalue weighted by Crippen LogP contribution is 2.10. The summed E-state index contributed by atoms with van der Waals surface area (Å²) in [4.78, 5) is 16.4. The van der Waals surface area contributed by atoms with E-state index in [1.807, 2.05) is 31.2 Å². The van der Waals surface area contributed by atoms with Crippen LogP contribution in [0.3, 0.4) is 0 Å². The van der Waals surface area contributed by atoms with E-state index in [9.17, 15) is 4.79 Å². The van der Waals surface area contributed by atoms with E-state index in [0.29, 0.717) is 18.0 Å². The second kappa shape index (κ2) is 8.32. The molecule has 0 spiro atoms. The number of aryl methyl sites for hydroxylation is 1. The molecule has 0 fully saturated rings. The highest BCUT2D eigenvalue weighted by Gasteiger charge is 2.07. The first-order chi connectivity index (χ1) is 11.0. The molecule has 1 heterocycles. The summed E-state index contributed by atoms with van der Waals surface area (Å²) in [6.45, 7) is 7.82. The summed E-state index contributed by atoms with van der Waals surface area (Å²) in [6, 6.07) is 9.97. The third-order valence-corrected chi connectivity index (χ3v) is 3.59. The Morgan fingerprint density at radius 3 is 2.78 bits per heavy atom. The molecule has 0 radical (unpaired) electrons. The second-order valence-electron chi connectivity index (χ2n) is 6.24. The molecule has 0 atom stereocenters. The first kappa shape index (κ1) is 17.0. The third kappa shape index (κ3) is 5.74. The summed E-state index contributed by atoms with van der Waals surface area (Å²) >= 11 is 0. The molecule has 2 rings (SSSR count). The molecule has 0 unspecified atom stereocenters. The quantitative estimate of drug-likeness (QED) is 0.818. The molecule has 0 aliphatic rings. The standard InChI is InChI=1S/C19H25N3O/c1-14(2)7-8-21-18-10-17(12-20-13-18)19(23)22-11-16-6-4-5-15(3)9-16/h4-6,9-10,12-14,21H,7-8,11H2,1-3H3,(H,22,23). The lowest BCUT2D eigenvalue weighted by Gasteiger charge is -2.10. The van der Waals surface area contributed by atoms with Gasteiger partial charge in [-0.15, -0.1) is 0 Å². The van der Waals surface area contributed by atoms with Crippen LogP contribution in [0.4, 0.5) is 5.69 Å². The van der Waals surface area contributed by atoms with Gasteiger partial charge in [0.2, 0.25) is 0 Å². The van der Waals surface area contributed by atoms with Crippen LogP contribution in [0.25, 0.3) is 0 Å². The van der Waals surface area contributed by atoms with Gasteiger partial charge in [0.15, 0.2) is 0 Å². The van der Waals surface area contributed by atoms with Gasteiger partial charge in [-0.1, -0.05) is 43.7 Å². The molecule has 1 aromatic heterocycles. The zero-order valence-corrected chi connectivity index (χ0v) is 14.1. The van der Waals surface area contributed by atoms with Gasteiger partial charge in [0, 0.05) is 25.5 Å².